The molecule has 9 heteroatoms. The van der Waals surface area contributed by atoms with Crippen molar-refractivity contribution in [2.45, 2.75) is 13.0 Å². The van der Waals surface area contributed by atoms with Crippen LogP contribution in [0.2, 0.25) is 0 Å². The number of aromatic nitrogens is 1. The molecule has 0 radical (unpaired) electrons. The summed E-state index contributed by atoms with van der Waals surface area (Å²) in [6.45, 7) is 1.83. The maximum Gasteiger partial charge on any atom is 0.296 e. The smallest absolute Gasteiger partial charge is 0.296 e. The lowest BCUT2D eigenvalue weighted by molar-refractivity contribution is 0.0970. The van der Waals surface area contributed by atoms with Crippen LogP contribution in [0.5, 0.6) is 17.2 Å². The highest BCUT2D eigenvalue weighted by atomic mass is 79.9. The fourth-order valence-electron chi connectivity index (χ4n) is 4.42. The van der Waals surface area contributed by atoms with Crippen molar-refractivity contribution in [1.29, 1.82) is 0 Å². The number of rotatable bonds is 5. The number of carbonyl (C=O) groups is 1. The van der Waals surface area contributed by atoms with Gasteiger partial charge in [0, 0.05) is 10.2 Å². The molecule has 5 rings (SSSR count). The molecule has 35 heavy (non-hydrogen) atoms. The molecule has 0 saturated carbocycles. The number of hydrogen-bond donors (Lipinski definition) is 0. The lowest BCUT2D eigenvalue weighted by Crippen LogP contribution is -2.30. The van der Waals surface area contributed by atoms with Crippen LogP contribution in [0.15, 0.2) is 62.2 Å². The van der Waals surface area contributed by atoms with E-state index in [0.29, 0.717) is 39.6 Å². The summed E-state index contributed by atoms with van der Waals surface area (Å²) in [7, 11) is 4.53. The zero-order valence-corrected chi connectivity index (χ0v) is 21.0. The molecule has 0 spiro atoms. The van der Waals surface area contributed by atoms with Gasteiger partial charge in [-0.3, -0.25) is 14.5 Å². The fourth-order valence-corrected chi connectivity index (χ4v) is 4.78. The number of hydrogen-bond acceptors (Lipinski definition) is 7. The van der Waals surface area contributed by atoms with E-state index in [0.717, 1.165) is 10.2 Å². The van der Waals surface area contributed by atoms with Crippen LogP contribution in [0.25, 0.3) is 11.0 Å². The number of nitrogens with zero attached hydrogens (tertiary/aromatic N) is 2. The summed E-state index contributed by atoms with van der Waals surface area (Å²) in [6.07, 6.45) is 0. The third kappa shape index (κ3) is 3.63. The second kappa shape index (κ2) is 8.74. The average molecular weight is 537 g/mol. The summed E-state index contributed by atoms with van der Waals surface area (Å²) in [6, 6.07) is 13.1. The van der Waals surface area contributed by atoms with Gasteiger partial charge < -0.3 is 18.6 Å². The van der Waals surface area contributed by atoms with E-state index in [-0.39, 0.29) is 16.8 Å². The summed E-state index contributed by atoms with van der Waals surface area (Å²) >= 11 is 3.41. The first kappa shape index (κ1) is 22.9. The van der Waals surface area contributed by atoms with E-state index >= 15 is 0 Å². The second-order valence-electron chi connectivity index (χ2n) is 7.99. The summed E-state index contributed by atoms with van der Waals surface area (Å²) in [5.41, 5.74) is 1.55. The number of pyridine rings is 1. The van der Waals surface area contributed by atoms with Crippen LogP contribution in [0, 0.1) is 6.92 Å². The van der Waals surface area contributed by atoms with Gasteiger partial charge in [-0.2, -0.15) is 0 Å². The Balaban J connectivity index is 1.85. The molecule has 3 heterocycles. The average Bonchev–Trinajstić information content (AvgIpc) is 3.16. The number of fused-ring (bicyclic) bond motifs is 2. The van der Waals surface area contributed by atoms with Crippen molar-refractivity contribution >= 4 is 38.6 Å². The minimum absolute atomic E-state index is 0.0214. The van der Waals surface area contributed by atoms with Gasteiger partial charge in [0.1, 0.15) is 11.4 Å². The first-order valence-corrected chi connectivity index (χ1v) is 11.5. The fraction of sp³-hybridized carbons (Fsp3) is 0.192. The molecule has 4 aromatic rings. The highest BCUT2D eigenvalue weighted by Crippen LogP contribution is 2.46. The molecule has 2 aromatic carbocycles. The minimum atomic E-state index is -0.833. The van der Waals surface area contributed by atoms with Crippen molar-refractivity contribution in [2.24, 2.45) is 0 Å². The predicted molar refractivity (Wildman–Crippen MR) is 134 cm³/mol. The maximum atomic E-state index is 13.8. The van der Waals surface area contributed by atoms with Gasteiger partial charge in [-0.15, -0.1) is 0 Å². The van der Waals surface area contributed by atoms with Gasteiger partial charge in [0.15, 0.2) is 16.9 Å². The Kier molecular flexibility index (Phi) is 5.72. The summed E-state index contributed by atoms with van der Waals surface area (Å²) in [5.74, 6) is 1.11. The number of methoxy groups -OCH3 is 3. The first-order chi connectivity index (χ1) is 16.9. The van der Waals surface area contributed by atoms with E-state index in [9.17, 15) is 9.59 Å². The number of amides is 1. The van der Waals surface area contributed by atoms with Crippen LogP contribution in [0.1, 0.15) is 33.4 Å². The molecular formula is C26H21BrN2O6. The van der Waals surface area contributed by atoms with E-state index in [1.807, 2.05) is 19.1 Å². The standard InChI is InChI=1S/C26H21BrN2O6/c1-13-6-5-7-20(28-13)29-22(14-10-18(32-2)24(34-4)19(11-14)33-3)21-23(30)16-12-15(27)8-9-17(16)35-25(21)26(29)31/h5-12,22H,1-4H3. The molecule has 1 aliphatic rings. The van der Waals surface area contributed by atoms with E-state index in [2.05, 4.69) is 20.9 Å². The monoisotopic (exact) mass is 536 g/mol. The Labute approximate surface area is 209 Å². The van der Waals surface area contributed by atoms with Gasteiger partial charge >= 0.3 is 0 Å². The normalized spacial score (nSPS) is 14.8. The third-order valence-electron chi connectivity index (χ3n) is 5.96. The van der Waals surface area contributed by atoms with Crippen LogP contribution in [0.3, 0.4) is 0 Å². The van der Waals surface area contributed by atoms with E-state index in [1.54, 1.807) is 36.4 Å². The van der Waals surface area contributed by atoms with Crippen molar-refractivity contribution < 1.29 is 23.4 Å². The maximum absolute atomic E-state index is 13.8. The zero-order valence-electron chi connectivity index (χ0n) is 19.4. The molecule has 1 amide bonds. The van der Waals surface area contributed by atoms with Gasteiger partial charge in [0.05, 0.1) is 38.3 Å². The lowest BCUT2D eigenvalue weighted by atomic mass is 9.97. The van der Waals surface area contributed by atoms with E-state index < -0.39 is 11.9 Å². The quantitative estimate of drug-likeness (QED) is 0.353. The van der Waals surface area contributed by atoms with Gasteiger partial charge in [0.25, 0.3) is 5.91 Å². The molecule has 0 aliphatic carbocycles. The van der Waals surface area contributed by atoms with Gasteiger partial charge in [0.2, 0.25) is 11.5 Å². The molecule has 0 bridgehead atoms. The third-order valence-corrected chi connectivity index (χ3v) is 6.45. The summed E-state index contributed by atoms with van der Waals surface area (Å²) in [5, 5.41) is 0.363. The van der Waals surface area contributed by atoms with Crippen LogP contribution >= 0.6 is 15.9 Å². The number of halogens is 1. The predicted octanol–water partition coefficient (Wildman–Crippen LogP) is 5.03. The highest BCUT2D eigenvalue weighted by molar-refractivity contribution is 9.10. The topological polar surface area (TPSA) is 91.1 Å². The second-order valence-corrected chi connectivity index (χ2v) is 8.90. The highest BCUT2D eigenvalue weighted by Gasteiger charge is 2.45. The molecule has 0 fully saturated rings. The van der Waals surface area contributed by atoms with E-state index in [1.165, 1.54) is 26.2 Å². The molecule has 1 atom stereocenters. The molecule has 1 aliphatic heterocycles. The van der Waals surface area contributed by atoms with Crippen molar-refractivity contribution in [2.75, 3.05) is 26.2 Å². The van der Waals surface area contributed by atoms with Crippen molar-refractivity contribution in [1.82, 2.24) is 4.98 Å². The SMILES string of the molecule is COc1cc(C2c3c(oc4ccc(Br)cc4c3=O)C(=O)N2c2cccc(C)n2)cc(OC)c1OC. The Morgan fingerprint density at radius 2 is 1.69 bits per heavy atom. The Hall–Kier alpha value is -3.85. The Morgan fingerprint density at radius 1 is 0.971 bits per heavy atom. The Morgan fingerprint density at radius 3 is 2.31 bits per heavy atom. The molecule has 178 valence electrons. The molecule has 0 N–H and O–H groups in total. The van der Waals surface area contributed by atoms with Gasteiger partial charge in [-0.1, -0.05) is 22.0 Å². The lowest BCUT2D eigenvalue weighted by Gasteiger charge is -2.25. The minimum Gasteiger partial charge on any atom is -0.493 e. The zero-order chi connectivity index (χ0) is 24.9. The van der Waals surface area contributed by atoms with Crippen molar-refractivity contribution in [3.63, 3.8) is 0 Å². The van der Waals surface area contributed by atoms with Crippen LogP contribution in [-0.4, -0.2) is 32.2 Å². The van der Waals surface area contributed by atoms with Crippen molar-refractivity contribution in [3.05, 3.63) is 85.8 Å². The van der Waals surface area contributed by atoms with Gasteiger partial charge in [-0.25, -0.2) is 4.98 Å². The number of carbonyl (C=O) groups excluding carboxylic acids is 1. The van der Waals surface area contributed by atoms with Crippen LogP contribution in [-0.2, 0) is 0 Å². The molecule has 8 nitrogen and oxygen atoms in total. The number of anilines is 1. The molecule has 2 aromatic heterocycles. The number of benzene rings is 2. The first-order valence-electron chi connectivity index (χ1n) is 10.7. The van der Waals surface area contributed by atoms with Crippen molar-refractivity contribution in [3.8, 4) is 17.2 Å². The van der Waals surface area contributed by atoms with E-state index in [4.69, 9.17) is 18.6 Å². The van der Waals surface area contributed by atoms with Gasteiger partial charge in [-0.05, 0) is 55.0 Å². The number of ether oxygens (including phenoxy) is 3. The van der Waals surface area contributed by atoms with Crippen LogP contribution < -0.4 is 24.5 Å². The summed E-state index contributed by atoms with van der Waals surface area (Å²) in [4.78, 5) is 33.6. The van der Waals surface area contributed by atoms with Crippen LogP contribution in [0.4, 0.5) is 5.82 Å². The summed E-state index contributed by atoms with van der Waals surface area (Å²) < 4.78 is 23.3. The number of aryl methyl sites for hydroxylation is 1. The molecule has 1 unspecified atom stereocenters. The Bertz CT molecular complexity index is 1520. The largest absolute Gasteiger partial charge is 0.493 e. The molecular weight excluding hydrogens is 516 g/mol. The molecule has 0 saturated heterocycles.